The van der Waals surface area contributed by atoms with Crippen molar-refractivity contribution in [3.63, 3.8) is 0 Å². The topological polar surface area (TPSA) is 497 Å². The lowest BCUT2D eigenvalue weighted by molar-refractivity contribution is -0.144. The Morgan fingerprint density at radius 2 is 1.43 bits per heavy atom. The number of imidazole rings is 1. The number of carbonyl (C=O) groups excluding carboxylic acids is 11. The Labute approximate surface area is 571 Å². The molecule has 98 heavy (non-hydrogen) atoms. The minimum Gasteiger partial charge on any atom is -0.508 e. The van der Waals surface area contributed by atoms with E-state index in [0.29, 0.717) is 47.8 Å². The number of phenolic OH excluding ortho intramolecular Hbond substituents is 2. The molecular formula is C64H82N14O18S2. The summed E-state index contributed by atoms with van der Waals surface area (Å²) in [5.41, 5.74) is 13.7. The Morgan fingerprint density at radius 1 is 0.765 bits per heavy atom. The molecule has 9 atom stereocenters. The van der Waals surface area contributed by atoms with Gasteiger partial charge in [-0.15, -0.1) is 0 Å². The van der Waals surface area contributed by atoms with Crippen molar-refractivity contribution in [2.45, 2.75) is 144 Å². The maximum atomic E-state index is 15.1. The second-order valence-electron chi connectivity index (χ2n) is 23.0. The smallest absolute Gasteiger partial charge is 0.305 e. The number of nitrogens with zero attached hydrogens (tertiary/aromatic N) is 3. The number of aromatic hydroxyl groups is 2. The first kappa shape index (κ1) is 76.8. The summed E-state index contributed by atoms with van der Waals surface area (Å²) in [5, 5.41) is 64.4. The number of nitrogens with one attached hydrogen (secondary N) is 9. The third kappa shape index (κ3) is 25.7. The van der Waals surface area contributed by atoms with E-state index in [1.807, 2.05) is 25.1 Å². The van der Waals surface area contributed by atoms with Crippen LogP contribution in [0, 0.1) is 0 Å². The van der Waals surface area contributed by atoms with Crippen LogP contribution in [0.2, 0.25) is 0 Å². The van der Waals surface area contributed by atoms with Gasteiger partial charge in [-0.05, 0) is 110 Å². The standard InChI is InChI=1S/C64H82N14O18S2/c1-3-97-32-39-21-40-23-44(22-39)95-19-6-4-5-7-20-96-70-31-54(84)71-47(27-52(65)82)59(89)76-50(34-98-33-40)61(91)75-49(25-38-12-16-43(81)17-13-38)64(94)78-18-8-9-51(78)62(92)73-48(28-55(85)86)60(90)77-56(36(2)79)63(93)74-45(24-37-10-14-42(80)15-11-37)58(88)72-46(26-41-29-67-35-69-41)57(87)68-30-53(66)83/h7,10-17,20-23,29,31,35-36,45-51,56,79-81H,3-6,8-9,18-19,24-28,30,32-34H2,1-2H3,(H2,65,82)(H2,66,83)(H,67,69)(H,68,87)(H,71,84)(H,72,88)(H,73,92)(H,74,93)(H,75,91)(H,76,89)(H,77,90)(H,85,86)/b20-7+,70-31+/t36-,45+,46+,47+,48+,49+,50+,51+,56+/m1/s1. The highest BCUT2D eigenvalue weighted by atomic mass is 32.2. The van der Waals surface area contributed by atoms with Crippen LogP contribution in [-0.4, -0.2) is 198 Å². The number of aliphatic hydroxyl groups excluding tert-OH is 1. The largest absolute Gasteiger partial charge is 0.508 e. The fourth-order valence-electron chi connectivity index (χ4n) is 10.2. The summed E-state index contributed by atoms with van der Waals surface area (Å²) in [4.78, 5) is 177. The van der Waals surface area contributed by atoms with E-state index < -0.39 is 145 Å². The molecule has 32 nitrogen and oxygen atoms in total. The quantitative estimate of drug-likeness (QED) is 0.0319. The van der Waals surface area contributed by atoms with Gasteiger partial charge in [0.1, 0.15) is 78.1 Å². The number of hydrogen-bond donors (Lipinski definition) is 15. The number of hydrogen-bond acceptors (Lipinski definition) is 21. The van der Waals surface area contributed by atoms with Crippen molar-refractivity contribution in [1.82, 2.24) is 57.4 Å². The molecule has 0 unspecified atom stereocenters. The zero-order valence-corrected chi connectivity index (χ0v) is 55.4. The van der Waals surface area contributed by atoms with Gasteiger partial charge in [-0.1, -0.05) is 42.4 Å². The number of aromatic amines is 1. The molecule has 0 aliphatic carbocycles. The molecule has 2 bridgehead atoms. The first-order valence-corrected chi connectivity index (χ1v) is 33.6. The molecule has 0 radical (unpaired) electrons. The van der Waals surface area contributed by atoms with Crippen molar-refractivity contribution in [2.24, 2.45) is 16.6 Å². The number of allylic oxidation sites excluding steroid dienone is 1. The molecule has 34 heteroatoms. The number of primary amides is 2. The second kappa shape index (κ2) is 39.1. The number of ether oxygens (including phenoxy) is 1. The van der Waals surface area contributed by atoms with Gasteiger partial charge in [-0.3, -0.25) is 57.5 Å². The van der Waals surface area contributed by atoms with Crippen LogP contribution in [0.3, 0.4) is 0 Å². The average molecular weight is 1400 g/mol. The highest BCUT2D eigenvalue weighted by molar-refractivity contribution is 7.98. The van der Waals surface area contributed by atoms with Crippen LogP contribution < -0.4 is 58.7 Å². The number of carboxylic acids is 1. The number of thioether (sulfide) groups is 2. The van der Waals surface area contributed by atoms with Gasteiger partial charge in [0.25, 0.3) is 5.91 Å². The van der Waals surface area contributed by atoms with E-state index in [1.165, 1.54) is 79.1 Å². The average Bonchev–Trinajstić information content (AvgIpc) is 1.72. The van der Waals surface area contributed by atoms with Gasteiger partial charge in [-0.25, -0.2) is 4.98 Å². The minimum absolute atomic E-state index is 0.0570. The van der Waals surface area contributed by atoms with E-state index in [-0.39, 0.29) is 61.7 Å². The summed E-state index contributed by atoms with van der Waals surface area (Å²) in [6.07, 6.45) is 4.12. The van der Waals surface area contributed by atoms with E-state index in [2.05, 4.69) is 57.7 Å². The normalized spacial score (nSPS) is 18.7. The molecule has 3 aromatic carbocycles. The number of H-pyrrole nitrogens is 1. The molecule has 6 rings (SSSR count). The van der Waals surface area contributed by atoms with Crippen molar-refractivity contribution >= 4 is 101 Å². The molecule has 0 saturated carbocycles. The lowest BCUT2D eigenvalue weighted by Crippen LogP contribution is -2.62. The van der Waals surface area contributed by atoms with Gasteiger partial charge < -0.3 is 93.9 Å². The molecule has 3 heterocycles. The van der Waals surface area contributed by atoms with E-state index in [0.717, 1.165) is 41.3 Å². The summed E-state index contributed by atoms with van der Waals surface area (Å²) in [5.74, 6) is -10.8. The summed E-state index contributed by atoms with van der Waals surface area (Å²) < 4.78 is 6.16. The lowest BCUT2D eigenvalue weighted by Gasteiger charge is -2.31. The molecule has 2 aliphatic heterocycles. The van der Waals surface area contributed by atoms with Gasteiger partial charge in [-0.2, -0.15) is 23.5 Å². The number of nitrogens with two attached hydrogens (primary N) is 2. The van der Waals surface area contributed by atoms with Crippen LogP contribution in [0.5, 0.6) is 17.2 Å². The number of aliphatic hydroxyl groups is 1. The van der Waals surface area contributed by atoms with Gasteiger partial charge in [0.05, 0.1) is 38.4 Å². The van der Waals surface area contributed by atoms with Crippen molar-refractivity contribution < 1.29 is 87.5 Å². The molecule has 11 amide bonds. The van der Waals surface area contributed by atoms with Crippen LogP contribution in [0.25, 0.3) is 0 Å². The summed E-state index contributed by atoms with van der Waals surface area (Å²) in [6, 6.07) is 3.71. The predicted molar refractivity (Wildman–Crippen MR) is 357 cm³/mol. The minimum atomic E-state index is -2.00. The second-order valence-corrected chi connectivity index (χ2v) is 25.3. The number of likely N-dealkylation sites (tertiary alicyclic amines) is 1. The van der Waals surface area contributed by atoms with E-state index in [1.54, 1.807) is 17.8 Å². The third-order valence-electron chi connectivity index (χ3n) is 15.1. The first-order valence-electron chi connectivity index (χ1n) is 31.3. The van der Waals surface area contributed by atoms with Crippen LogP contribution in [-0.2, 0) is 93.1 Å². The molecule has 528 valence electrons. The molecule has 2 aliphatic rings. The molecule has 17 N–H and O–H groups in total. The maximum absolute atomic E-state index is 15.1. The van der Waals surface area contributed by atoms with E-state index >= 15 is 4.79 Å². The lowest BCUT2D eigenvalue weighted by atomic mass is 10.0. The van der Waals surface area contributed by atoms with E-state index in [9.17, 15) is 73.2 Å². The first-order chi connectivity index (χ1) is 46.8. The number of phenols is 2. The van der Waals surface area contributed by atoms with Gasteiger partial charge >= 0.3 is 5.97 Å². The zero-order chi connectivity index (χ0) is 71.3. The number of amides is 11. The molecule has 4 aromatic rings. The fourth-order valence-corrected chi connectivity index (χ4v) is 11.8. The Morgan fingerprint density at radius 3 is 2.07 bits per heavy atom. The SMILES string of the molecule is CCSCc1cc2cc(c1)OCCCC/C=C/O/N=C/C(=O)N[C@@H](CC(N)=O)C(=O)N[C@H](C(=O)N[C@@H](Cc1ccc(O)cc1)C(=O)N1CCC[C@H]1C(=O)N[C@@H](CC(=O)O)C(=O)N[C@H](C(=O)N[C@@H](Cc1ccc(O)cc1)C(=O)N[C@@H](Cc1cnc[nH]1)C(=O)NCC(N)=O)[C@@H](C)O)CSC2. The number of aromatic nitrogens is 2. The predicted octanol–water partition coefficient (Wildman–Crippen LogP) is -1.17. The Balaban J connectivity index is 1.25. The number of carbonyl (C=O) groups is 12. The Bertz CT molecular complexity index is 3490. The van der Waals surface area contributed by atoms with Crippen molar-refractivity contribution in [1.29, 1.82) is 0 Å². The molecule has 1 fully saturated rings. The summed E-state index contributed by atoms with van der Waals surface area (Å²) in [7, 11) is 0. The third-order valence-corrected chi connectivity index (χ3v) is 17.2. The monoisotopic (exact) mass is 1400 g/mol. The summed E-state index contributed by atoms with van der Waals surface area (Å²) >= 11 is 2.92. The zero-order valence-electron chi connectivity index (χ0n) is 53.8. The highest BCUT2D eigenvalue weighted by Crippen LogP contribution is 2.26. The molecule has 1 saturated heterocycles. The van der Waals surface area contributed by atoms with Gasteiger partial charge in [0, 0.05) is 55.0 Å². The fraction of sp³-hybridized carbons (Fsp3) is 0.438. The maximum Gasteiger partial charge on any atom is 0.305 e. The molecule has 0 spiro atoms. The number of oxime groups is 1. The van der Waals surface area contributed by atoms with Gasteiger partial charge in [0.2, 0.25) is 59.1 Å². The number of aliphatic carboxylic acids is 1. The van der Waals surface area contributed by atoms with Crippen molar-refractivity contribution in [3.8, 4) is 17.2 Å². The Hall–Kier alpha value is -10.2. The van der Waals surface area contributed by atoms with Crippen LogP contribution in [0.4, 0.5) is 0 Å². The van der Waals surface area contributed by atoms with Crippen molar-refractivity contribution in [2.75, 3.05) is 31.2 Å². The number of rotatable bonds is 28. The number of carboxylic acid groups (broad SMARTS) is 1. The van der Waals surface area contributed by atoms with E-state index in [4.69, 9.17) is 21.0 Å². The molecule has 1 aromatic heterocycles. The van der Waals surface area contributed by atoms with Crippen LogP contribution in [0.1, 0.15) is 86.7 Å². The highest BCUT2D eigenvalue weighted by Gasteiger charge is 2.41. The van der Waals surface area contributed by atoms with Crippen LogP contribution >= 0.6 is 23.5 Å². The molecular weight excluding hydrogens is 1320 g/mol. The Kier molecular flexibility index (Phi) is 30.6. The van der Waals surface area contributed by atoms with Gasteiger partial charge in [0.15, 0.2) is 0 Å². The number of fused-ring (bicyclic) bond motifs is 2. The van der Waals surface area contributed by atoms with Crippen molar-refractivity contribution in [3.05, 3.63) is 120 Å². The summed E-state index contributed by atoms with van der Waals surface area (Å²) in [6.45, 7) is 2.81. The van der Waals surface area contributed by atoms with Crippen LogP contribution in [0.15, 0.2) is 96.7 Å². The number of benzene rings is 3.